The number of hydrogen-bond acceptors (Lipinski definition) is 3. The molecule has 9 heavy (non-hydrogen) atoms. The molecule has 0 aliphatic carbocycles. The van der Waals surface area contributed by atoms with E-state index >= 15 is 0 Å². The van der Waals surface area contributed by atoms with Gasteiger partial charge in [0.25, 0.3) is 0 Å². The van der Waals surface area contributed by atoms with E-state index in [0.29, 0.717) is 12.1 Å². The molecular weight excluding hydrogens is 118 g/mol. The van der Waals surface area contributed by atoms with Gasteiger partial charge >= 0.3 is 5.97 Å². The Morgan fingerprint density at radius 1 is 1.78 bits per heavy atom. The summed E-state index contributed by atoms with van der Waals surface area (Å²) < 4.78 is 4.39. The van der Waals surface area contributed by atoms with E-state index in [4.69, 9.17) is 0 Å². The molecule has 0 spiro atoms. The summed E-state index contributed by atoms with van der Waals surface area (Å²) in [5.74, 6) is -0.357. The first kappa shape index (κ1) is 8.17. The molecule has 0 aromatic heterocycles. The van der Waals surface area contributed by atoms with Gasteiger partial charge in [-0.05, 0) is 7.05 Å². The lowest BCUT2D eigenvalue weighted by atomic mass is 10.3. The Morgan fingerprint density at radius 2 is 2.33 bits per heavy atom. The number of rotatable bonds is 3. The van der Waals surface area contributed by atoms with Crippen LogP contribution in [-0.2, 0) is 9.53 Å². The minimum atomic E-state index is -0.357. The smallest absolute Gasteiger partial charge is 0.334 e. The molecule has 52 valence electrons. The highest BCUT2D eigenvalue weighted by molar-refractivity contribution is 5.87. The molecule has 3 nitrogen and oxygen atoms in total. The van der Waals surface area contributed by atoms with Gasteiger partial charge in [0, 0.05) is 12.1 Å². The van der Waals surface area contributed by atoms with Gasteiger partial charge in [0.05, 0.1) is 7.11 Å². The molecule has 0 saturated carbocycles. The van der Waals surface area contributed by atoms with E-state index in [9.17, 15) is 4.79 Å². The van der Waals surface area contributed by atoms with Crippen LogP contribution in [0, 0.1) is 0 Å². The van der Waals surface area contributed by atoms with E-state index in [0.717, 1.165) is 0 Å². The van der Waals surface area contributed by atoms with Gasteiger partial charge < -0.3 is 10.1 Å². The van der Waals surface area contributed by atoms with Crippen LogP contribution in [0.5, 0.6) is 0 Å². The molecule has 0 atom stereocenters. The van der Waals surface area contributed by atoms with Crippen molar-refractivity contribution in [3.63, 3.8) is 0 Å². The zero-order valence-electron chi connectivity index (χ0n) is 5.73. The Kier molecular flexibility index (Phi) is 3.71. The standard InChI is InChI=1S/C6H11NO2/c1-5(4-7-2)6(8)9-3/h7H,1,4H2,2-3H3. The predicted molar refractivity (Wildman–Crippen MR) is 35.1 cm³/mol. The molecule has 0 heterocycles. The van der Waals surface area contributed by atoms with Crippen molar-refractivity contribution in [1.82, 2.24) is 5.32 Å². The van der Waals surface area contributed by atoms with Crippen molar-refractivity contribution in [3.8, 4) is 0 Å². The molecule has 0 amide bonds. The van der Waals surface area contributed by atoms with E-state index < -0.39 is 0 Å². The third kappa shape index (κ3) is 2.87. The monoisotopic (exact) mass is 129 g/mol. The normalized spacial score (nSPS) is 8.67. The molecule has 0 aromatic carbocycles. The fraction of sp³-hybridized carbons (Fsp3) is 0.500. The van der Waals surface area contributed by atoms with Crippen molar-refractivity contribution >= 4 is 5.97 Å². The van der Waals surface area contributed by atoms with Crippen LogP contribution in [-0.4, -0.2) is 26.7 Å². The quantitative estimate of drug-likeness (QED) is 0.428. The summed E-state index contributed by atoms with van der Waals surface area (Å²) in [5.41, 5.74) is 0.444. The topological polar surface area (TPSA) is 38.3 Å². The maximum absolute atomic E-state index is 10.5. The second-order valence-electron chi connectivity index (χ2n) is 1.63. The van der Waals surface area contributed by atoms with Crippen LogP contribution in [0.2, 0.25) is 0 Å². The number of methoxy groups -OCH3 is 1. The average Bonchev–Trinajstić information content (AvgIpc) is 1.87. The summed E-state index contributed by atoms with van der Waals surface area (Å²) in [7, 11) is 3.08. The molecule has 0 saturated heterocycles. The highest BCUT2D eigenvalue weighted by Crippen LogP contribution is 1.88. The predicted octanol–water partition coefficient (Wildman–Crippen LogP) is -0.0650. The van der Waals surface area contributed by atoms with Crippen molar-refractivity contribution in [1.29, 1.82) is 0 Å². The van der Waals surface area contributed by atoms with E-state index in [1.54, 1.807) is 7.05 Å². The van der Waals surface area contributed by atoms with Gasteiger partial charge in [-0.2, -0.15) is 0 Å². The molecule has 0 unspecified atom stereocenters. The molecule has 3 heteroatoms. The maximum atomic E-state index is 10.5. The van der Waals surface area contributed by atoms with Crippen LogP contribution in [0.15, 0.2) is 12.2 Å². The number of nitrogens with one attached hydrogen (secondary N) is 1. The molecule has 0 rings (SSSR count). The van der Waals surface area contributed by atoms with Crippen molar-refractivity contribution in [2.24, 2.45) is 0 Å². The Morgan fingerprint density at radius 3 is 2.67 bits per heavy atom. The van der Waals surface area contributed by atoms with Crippen molar-refractivity contribution in [2.45, 2.75) is 0 Å². The van der Waals surface area contributed by atoms with Gasteiger partial charge in [0.15, 0.2) is 0 Å². The highest BCUT2D eigenvalue weighted by atomic mass is 16.5. The summed E-state index contributed by atoms with van der Waals surface area (Å²) >= 11 is 0. The number of carbonyl (C=O) groups excluding carboxylic acids is 1. The lowest BCUT2D eigenvalue weighted by Crippen LogP contribution is -2.16. The second kappa shape index (κ2) is 4.09. The Hall–Kier alpha value is -0.830. The maximum Gasteiger partial charge on any atom is 0.334 e. The first-order valence-corrected chi connectivity index (χ1v) is 2.63. The summed E-state index contributed by atoms with van der Waals surface area (Å²) in [4.78, 5) is 10.5. The van der Waals surface area contributed by atoms with Crippen LogP contribution in [0.4, 0.5) is 0 Å². The summed E-state index contributed by atoms with van der Waals surface area (Å²) in [6.45, 7) is 3.96. The van der Waals surface area contributed by atoms with E-state index in [-0.39, 0.29) is 5.97 Å². The van der Waals surface area contributed by atoms with Gasteiger partial charge in [-0.3, -0.25) is 0 Å². The Labute approximate surface area is 54.7 Å². The van der Waals surface area contributed by atoms with Crippen molar-refractivity contribution in [3.05, 3.63) is 12.2 Å². The summed E-state index contributed by atoms with van der Waals surface area (Å²) in [6, 6.07) is 0. The Bertz CT molecular complexity index is 120. The number of carbonyl (C=O) groups is 1. The van der Waals surface area contributed by atoms with Crippen LogP contribution >= 0.6 is 0 Å². The lowest BCUT2D eigenvalue weighted by Gasteiger charge is -1.99. The third-order valence-corrected chi connectivity index (χ3v) is 0.864. The average molecular weight is 129 g/mol. The molecule has 0 bridgehead atoms. The van der Waals surface area contributed by atoms with Crippen LogP contribution in [0.3, 0.4) is 0 Å². The van der Waals surface area contributed by atoms with E-state index in [1.165, 1.54) is 7.11 Å². The first-order valence-electron chi connectivity index (χ1n) is 2.63. The van der Waals surface area contributed by atoms with E-state index in [2.05, 4.69) is 16.6 Å². The summed E-state index contributed by atoms with van der Waals surface area (Å²) in [6.07, 6.45) is 0. The number of ether oxygens (including phenoxy) is 1. The minimum Gasteiger partial charge on any atom is -0.466 e. The third-order valence-electron chi connectivity index (χ3n) is 0.864. The first-order chi connectivity index (χ1) is 4.22. The fourth-order valence-electron chi connectivity index (χ4n) is 0.430. The van der Waals surface area contributed by atoms with Gasteiger partial charge in [-0.15, -0.1) is 0 Å². The van der Waals surface area contributed by atoms with Crippen molar-refractivity contribution in [2.75, 3.05) is 20.7 Å². The lowest BCUT2D eigenvalue weighted by molar-refractivity contribution is -0.136. The molecule has 1 N–H and O–H groups in total. The highest BCUT2D eigenvalue weighted by Gasteiger charge is 2.02. The van der Waals surface area contributed by atoms with Crippen LogP contribution in [0.25, 0.3) is 0 Å². The molecule has 0 aliphatic rings. The molecule has 0 aliphatic heterocycles. The van der Waals surface area contributed by atoms with Gasteiger partial charge in [-0.1, -0.05) is 6.58 Å². The van der Waals surface area contributed by atoms with Crippen molar-refractivity contribution < 1.29 is 9.53 Å². The molecule has 0 fully saturated rings. The minimum absolute atomic E-state index is 0.357. The SMILES string of the molecule is C=C(CNC)C(=O)OC. The van der Waals surface area contributed by atoms with Gasteiger partial charge in [0.1, 0.15) is 0 Å². The molecule has 0 radical (unpaired) electrons. The van der Waals surface area contributed by atoms with Crippen LogP contribution in [0.1, 0.15) is 0 Å². The largest absolute Gasteiger partial charge is 0.466 e. The number of likely N-dealkylation sites (N-methyl/N-ethyl adjacent to an activating group) is 1. The van der Waals surface area contributed by atoms with Gasteiger partial charge in [-0.25, -0.2) is 4.79 Å². The number of hydrogen-bond donors (Lipinski definition) is 1. The van der Waals surface area contributed by atoms with Gasteiger partial charge in [0.2, 0.25) is 0 Å². The van der Waals surface area contributed by atoms with E-state index in [1.807, 2.05) is 0 Å². The fourth-order valence-corrected chi connectivity index (χ4v) is 0.430. The van der Waals surface area contributed by atoms with Crippen LogP contribution < -0.4 is 5.32 Å². The number of esters is 1. The Balaban J connectivity index is 3.60. The summed E-state index contributed by atoms with van der Waals surface area (Å²) in [5, 5.41) is 2.78. The zero-order chi connectivity index (χ0) is 7.28. The molecular formula is C6H11NO2. The zero-order valence-corrected chi connectivity index (χ0v) is 5.73. The molecule has 0 aromatic rings. The second-order valence-corrected chi connectivity index (χ2v) is 1.63.